The summed E-state index contributed by atoms with van der Waals surface area (Å²) in [5, 5.41) is 0. The van der Waals surface area contributed by atoms with Crippen molar-refractivity contribution in [3.05, 3.63) is 29.8 Å². The van der Waals surface area contributed by atoms with Crippen molar-refractivity contribution >= 4 is 19.1 Å². The number of ether oxygens (including phenoxy) is 1. The Morgan fingerprint density at radius 1 is 1.42 bits per heavy atom. The van der Waals surface area contributed by atoms with Crippen LogP contribution in [-0.4, -0.2) is 13.1 Å². The predicted octanol–water partition coefficient (Wildman–Crippen LogP) is 1.69. The van der Waals surface area contributed by atoms with E-state index in [1.165, 1.54) is 0 Å². The first-order valence-electron chi connectivity index (χ1n) is 3.66. The van der Waals surface area contributed by atoms with E-state index in [0.717, 1.165) is 16.9 Å². The van der Waals surface area contributed by atoms with Gasteiger partial charge in [-0.15, -0.1) is 12.6 Å². The number of carbonyl (C=O) groups excluding carboxylic acids is 1. The van der Waals surface area contributed by atoms with Crippen LogP contribution in [0.3, 0.4) is 0 Å². The highest BCUT2D eigenvalue weighted by Gasteiger charge is 1.96. The molecule has 12 heavy (non-hydrogen) atoms. The maximum absolute atomic E-state index is 9.84. The Balaban J connectivity index is 2.51. The van der Waals surface area contributed by atoms with Gasteiger partial charge in [0.2, 0.25) is 0 Å². The Morgan fingerprint density at radius 2 is 2.17 bits per heavy atom. The summed E-state index contributed by atoms with van der Waals surface area (Å²) in [6.07, 6.45) is 0.721. The summed E-state index contributed by atoms with van der Waals surface area (Å²) in [6, 6.07) is 7.75. The van der Waals surface area contributed by atoms with Gasteiger partial charge in [0.25, 0.3) is 6.47 Å². The lowest BCUT2D eigenvalue weighted by atomic mass is 10.2. The summed E-state index contributed by atoms with van der Waals surface area (Å²) in [7, 11) is 0. The first-order chi connectivity index (χ1) is 5.84. The van der Waals surface area contributed by atoms with Gasteiger partial charge >= 0.3 is 0 Å². The molecule has 0 bridgehead atoms. The Hall–Kier alpha value is -0.960. The topological polar surface area (TPSA) is 26.3 Å². The van der Waals surface area contributed by atoms with Crippen molar-refractivity contribution in [2.75, 3.05) is 6.61 Å². The van der Waals surface area contributed by atoms with E-state index in [1.807, 2.05) is 24.3 Å². The molecule has 0 N–H and O–H groups in total. The Kier molecular flexibility index (Phi) is 3.67. The van der Waals surface area contributed by atoms with Crippen LogP contribution in [-0.2, 0) is 16.0 Å². The second-order valence-electron chi connectivity index (χ2n) is 2.35. The minimum atomic E-state index is 0.418. The average molecular weight is 182 g/mol. The maximum atomic E-state index is 9.84. The van der Waals surface area contributed by atoms with Crippen LogP contribution < -0.4 is 0 Å². The molecule has 0 fully saturated rings. The van der Waals surface area contributed by atoms with E-state index >= 15 is 0 Å². The molecule has 1 aromatic rings. The molecular formula is C9H10O2S. The number of rotatable bonds is 4. The third kappa shape index (κ3) is 2.58. The highest BCUT2D eigenvalue weighted by Crippen LogP contribution is 2.12. The highest BCUT2D eigenvalue weighted by atomic mass is 32.1. The number of benzene rings is 1. The molecule has 0 unspecified atom stereocenters. The molecule has 0 aliphatic carbocycles. The lowest BCUT2D eigenvalue weighted by molar-refractivity contribution is -0.128. The van der Waals surface area contributed by atoms with Gasteiger partial charge in [0.15, 0.2) is 0 Å². The number of thiol groups is 1. The van der Waals surface area contributed by atoms with Crippen LogP contribution in [0.1, 0.15) is 5.56 Å². The molecule has 0 heterocycles. The fraction of sp³-hybridized carbons (Fsp3) is 0.222. The normalized spacial score (nSPS) is 9.42. The minimum absolute atomic E-state index is 0.418. The summed E-state index contributed by atoms with van der Waals surface area (Å²) in [6.45, 7) is 0.877. The molecule has 64 valence electrons. The molecule has 1 aromatic carbocycles. The van der Waals surface area contributed by atoms with E-state index in [1.54, 1.807) is 0 Å². The largest absolute Gasteiger partial charge is 0.468 e. The standard InChI is InChI=1S/C9H10O2S/c10-7-11-6-5-8-3-1-2-4-9(8)12/h1-4,7,12H,5-6H2. The van der Waals surface area contributed by atoms with E-state index < -0.39 is 0 Å². The zero-order valence-electron chi connectivity index (χ0n) is 6.56. The van der Waals surface area contributed by atoms with Crippen LogP contribution in [0.15, 0.2) is 29.2 Å². The molecule has 0 aliphatic rings. The molecule has 0 saturated heterocycles. The highest BCUT2D eigenvalue weighted by molar-refractivity contribution is 7.80. The summed E-state index contributed by atoms with van der Waals surface area (Å²) >= 11 is 4.26. The van der Waals surface area contributed by atoms with Crippen molar-refractivity contribution in [3.8, 4) is 0 Å². The van der Waals surface area contributed by atoms with Gasteiger partial charge in [0, 0.05) is 11.3 Å². The van der Waals surface area contributed by atoms with Gasteiger partial charge in [0.1, 0.15) is 0 Å². The average Bonchev–Trinajstić information content (AvgIpc) is 2.09. The van der Waals surface area contributed by atoms with Crippen LogP contribution in [0, 0.1) is 0 Å². The van der Waals surface area contributed by atoms with Crippen LogP contribution in [0.4, 0.5) is 0 Å². The Morgan fingerprint density at radius 3 is 2.83 bits per heavy atom. The molecule has 0 saturated carbocycles. The van der Waals surface area contributed by atoms with Crippen LogP contribution >= 0.6 is 12.6 Å². The zero-order chi connectivity index (χ0) is 8.81. The van der Waals surface area contributed by atoms with Crippen LogP contribution in [0.5, 0.6) is 0 Å². The van der Waals surface area contributed by atoms with Crippen molar-refractivity contribution < 1.29 is 9.53 Å². The second-order valence-corrected chi connectivity index (χ2v) is 2.83. The van der Waals surface area contributed by atoms with Gasteiger partial charge in [-0.3, -0.25) is 4.79 Å². The monoisotopic (exact) mass is 182 g/mol. The van der Waals surface area contributed by atoms with E-state index in [4.69, 9.17) is 0 Å². The predicted molar refractivity (Wildman–Crippen MR) is 49.4 cm³/mol. The first-order valence-corrected chi connectivity index (χ1v) is 4.11. The molecule has 0 amide bonds. The smallest absolute Gasteiger partial charge is 0.293 e. The van der Waals surface area contributed by atoms with Crippen molar-refractivity contribution in [2.24, 2.45) is 0 Å². The molecule has 0 aromatic heterocycles. The van der Waals surface area contributed by atoms with Gasteiger partial charge in [-0.1, -0.05) is 18.2 Å². The maximum Gasteiger partial charge on any atom is 0.293 e. The third-order valence-electron chi connectivity index (χ3n) is 1.55. The molecule has 0 atom stereocenters. The summed E-state index contributed by atoms with van der Waals surface area (Å²) in [4.78, 5) is 10.8. The lowest BCUT2D eigenvalue weighted by Crippen LogP contribution is -1.97. The fourth-order valence-electron chi connectivity index (χ4n) is 0.939. The van der Waals surface area contributed by atoms with Crippen molar-refractivity contribution in [1.29, 1.82) is 0 Å². The Bertz CT molecular complexity index is 260. The summed E-state index contributed by atoms with van der Waals surface area (Å²) in [5.74, 6) is 0. The molecule has 0 aliphatic heterocycles. The van der Waals surface area contributed by atoms with Crippen molar-refractivity contribution in [1.82, 2.24) is 0 Å². The summed E-state index contributed by atoms with van der Waals surface area (Å²) < 4.78 is 4.58. The van der Waals surface area contributed by atoms with E-state index in [0.29, 0.717) is 13.1 Å². The molecular weight excluding hydrogens is 172 g/mol. The molecule has 0 spiro atoms. The number of hydrogen-bond donors (Lipinski definition) is 1. The zero-order valence-corrected chi connectivity index (χ0v) is 7.46. The van der Waals surface area contributed by atoms with E-state index in [-0.39, 0.29) is 0 Å². The third-order valence-corrected chi connectivity index (χ3v) is 1.99. The Labute approximate surface area is 77.0 Å². The SMILES string of the molecule is O=COCCc1ccccc1S. The fourth-order valence-corrected chi connectivity index (χ4v) is 1.21. The van der Waals surface area contributed by atoms with Gasteiger partial charge in [-0.05, 0) is 11.6 Å². The lowest BCUT2D eigenvalue weighted by Gasteiger charge is -2.02. The van der Waals surface area contributed by atoms with Gasteiger partial charge in [-0.2, -0.15) is 0 Å². The van der Waals surface area contributed by atoms with E-state index in [2.05, 4.69) is 17.4 Å². The van der Waals surface area contributed by atoms with Crippen molar-refractivity contribution in [3.63, 3.8) is 0 Å². The summed E-state index contributed by atoms with van der Waals surface area (Å²) in [5.41, 5.74) is 1.10. The van der Waals surface area contributed by atoms with Gasteiger partial charge in [-0.25, -0.2) is 0 Å². The molecule has 3 heteroatoms. The second kappa shape index (κ2) is 4.83. The van der Waals surface area contributed by atoms with Gasteiger partial charge < -0.3 is 4.74 Å². The van der Waals surface area contributed by atoms with Gasteiger partial charge in [0.05, 0.1) is 6.61 Å². The molecule has 2 nitrogen and oxygen atoms in total. The van der Waals surface area contributed by atoms with Crippen LogP contribution in [0.25, 0.3) is 0 Å². The van der Waals surface area contributed by atoms with Crippen molar-refractivity contribution in [2.45, 2.75) is 11.3 Å². The molecule has 0 radical (unpaired) electrons. The van der Waals surface area contributed by atoms with Crippen LogP contribution in [0.2, 0.25) is 0 Å². The van der Waals surface area contributed by atoms with E-state index in [9.17, 15) is 4.79 Å². The quantitative estimate of drug-likeness (QED) is 0.435. The first kappa shape index (κ1) is 9.13. The minimum Gasteiger partial charge on any atom is -0.468 e. The number of hydrogen-bond acceptors (Lipinski definition) is 3. The molecule has 1 rings (SSSR count). The number of carbonyl (C=O) groups is 1.